The third kappa shape index (κ3) is 15.7. The Balaban J connectivity index is 0.000000331. The number of halogens is 2. The van der Waals surface area contributed by atoms with Crippen LogP contribution in [-0.2, 0) is 17.6 Å². The fourth-order valence-corrected chi connectivity index (χ4v) is 3.90. The molecule has 4 heteroatoms. The average Bonchev–Trinajstić information content (AvgIpc) is 2.74. The normalized spacial score (nSPS) is 10.6. The van der Waals surface area contributed by atoms with Gasteiger partial charge < -0.3 is 9.90 Å². The summed E-state index contributed by atoms with van der Waals surface area (Å²) < 4.78 is 0.943. The zero-order valence-electron chi connectivity index (χ0n) is 20.0. The Labute approximate surface area is 217 Å². The molecule has 0 aliphatic heterocycles. The Hall–Kier alpha value is -1.67. The number of hydrogen-bond donors (Lipinski definition) is 1. The van der Waals surface area contributed by atoms with Crippen LogP contribution in [0.2, 0.25) is 0 Å². The maximum Gasteiger partial charge on any atom is 0.129 e. The smallest absolute Gasteiger partial charge is 0.129 e. The molecule has 2 nitrogen and oxygen atoms in total. The van der Waals surface area contributed by atoms with E-state index in [9.17, 15) is 9.90 Å². The maximum absolute atomic E-state index is 10.8. The predicted molar refractivity (Wildman–Crippen MR) is 149 cm³/mol. The van der Waals surface area contributed by atoms with Crippen molar-refractivity contribution in [1.29, 1.82) is 0 Å². The van der Waals surface area contributed by atoms with E-state index in [0.29, 0.717) is 6.42 Å². The van der Waals surface area contributed by atoms with Crippen LogP contribution in [-0.4, -0.2) is 16.5 Å². The van der Waals surface area contributed by atoms with Gasteiger partial charge in [0.05, 0.1) is 8.99 Å². The summed E-state index contributed by atoms with van der Waals surface area (Å²) in [5.74, 6) is 2.92. The molecule has 0 saturated carbocycles. The molecule has 2 rings (SSSR count). The van der Waals surface area contributed by atoms with E-state index >= 15 is 0 Å². The number of Topliss-reactive ketones (excluding diaryl/α,β-unsaturated/α-hetero) is 1. The van der Waals surface area contributed by atoms with Gasteiger partial charge in [0.2, 0.25) is 0 Å². The summed E-state index contributed by atoms with van der Waals surface area (Å²) in [5, 5.41) is 9.57. The van der Waals surface area contributed by atoms with Gasteiger partial charge in [-0.1, -0.05) is 48.7 Å². The van der Waals surface area contributed by atoms with E-state index < -0.39 is 5.60 Å². The summed E-state index contributed by atoms with van der Waals surface area (Å²) in [5.41, 5.74) is 4.19. The van der Waals surface area contributed by atoms with Crippen LogP contribution in [0.5, 0.6) is 0 Å². The van der Waals surface area contributed by atoms with E-state index in [1.165, 1.54) is 16.7 Å². The lowest BCUT2D eigenvalue weighted by atomic mass is 9.98. The molecule has 2 aromatic carbocycles. The molecule has 0 bridgehead atoms. The number of carbonyl (C=O) groups is 1. The van der Waals surface area contributed by atoms with Gasteiger partial charge >= 0.3 is 0 Å². The molecular weight excluding hydrogens is 540 g/mol. The zero-order chi connectivity index (χ0) is 24.7. The number of benzene rings is 2. The monoisotopic (exact) mass is 574 g/mol. The number of rotatable bonds is 11. The van der Waals surface area contributed by atoms with E-state index in [2.05, 4.69) is 74.2 Å². The minimum atomic E-state index is -0.541. The molecular formula is C29H36Br2O2. The first kappa shape index (κ1) is 29.4. The highest BCUT2D eigenvalue weighted by atomic mass is 79.9. The van der Waals surface area contributed by atoms with Crippen LogP contribution in [0.25, 0.3) is 6.08 Å². The summed E-state index contributed by atoms with van der Waals surface area (Å²) >= 11 is 6.71. The summed E-state index contributed by atoms with van der Waals surface area (Å²) in [7, 11) is 0. The highest BCUT2D eigenvalue weighted by molar-refractivity contribution is 9.28. The van der Waals surface area contributed by atoms with E-state index in [4.69, 9.17) is 6.42 Å². The van der Waals surface area contributed by atoms with Crippen LogP contribution >= 0.6 is 31.9 Å². The number of terminal acetylenes is 1. The van der Waals surface area contributed by atoms with Crippen LogP contribution in [0, 0.1) is 12.3 Å². The molecule has 0 unspecified atom stereocenters. The molecule has 0 saturated heterocycles. The number of aryl methyl sites for hydroxylation is 2. The molecule has 1 N–H and O–H groups in total. The van der Waals surface area contributed by atoms with Crippen LogP contribution in [0.3, 0.4) is 0 Å². The van der Waals surface area contributed by atoms with Gasteiger partial charge in [-0.2, -0.15) is 0 Å². The maximum atomic E-state index is 10.8. The number of carbonyl (C=O) groups excluding carboxylic acids is 1. The van der Waals surface area contributed by atoms with E-state index in [1.54, 1.807) is 6.92 Å². The lowest BCUT2D eigenvalue weighted by Gasteiger charge is -2.16. The topological polar surface area (TPSA) is 37.3 Å². The summed E-state index contributed by atoms with van der Waals surface area (Å²) in [6.45, 7) is 5.36. The Kier molecular flexibility index (Phi) is 14.3. The van der Waals surface area contributed by atoms with Gasteiger partial charge in [0.1, 0.15) is 5.78 Å². The third-order valence-corrected chi connectivity index (χ3v) is 5.53. The van der Waals surface area contributed by atoms with E-state index in [1.807, 2.05) is 32.1 Å². The van der Waals surface area contributed by atoms with Crippen molar-refractivity contribution in [1.82, 2.24) is 0 Å². The summed E-state index contributed by atoms with van der Waals surface area (Å²) in [6.07, 6.45) is 15.2. The molecule has 0 radical (unpaired) electrons. The molecule has 0 aliphatic carbocycles. The van der Waals surface area contributed by atoms with E-state index in [0.717, 1.165) is 53.9 Å². The number of hydrogen-bond acceptors (Lipinski definition) is 2. The van der Waals surface area contributed by atoms with Crippen molar-refractivity contribution in [2.45, 2.75) is 77.7 Å². The number of unbranched alkanes of at least 4 members (excludes halogenated alkanes) is 2. The molecule has 2 aromatic rings. The van der Waals surface area contributed by atoms with Gasteiger partial charge in [0.15, 0.2) is 0 Å². The van der Waals surface area contributed by atoms with Crippen molar-refractivity contribution < 1.29 is 9.90 Å². The van der Waals surface area contributed by atoms with Gasteiger partial charge in [-0.25, -0.2) is 0 Å². The molecule has 0 spiro atoms. The first-order valence-electron chi connectivity index (χ1n) is 11.5. The Morgan fingerprint density at radius 2 is 1.61 bits per heavy atom. The first-order chi connectivity index (χ1) is 15.6. The third-order valence-electron chi connectivity index (χ3n) is 5.07. The van der Waals surface area contributed by atoms with E-state index in [-0.39, 0.29) is 5.78 Å². The quantitative estimate of drug-likeness (QED) is 0.216. The van der Waals surface area contributed by atoms with Crippen molar-refractivity contribution in [2.75, 3.05) is 0 Å². The zero-order valence-corrected chi connectivity index (χ0v) is 23.2. The summed E-state index contributed by atoms with van der Waals surface area (Å²) in [4.78, 5) is 10.8. The van der Waals surface area contributed by atoms with Crippen LogP contribution in [0.15, 0.2) is 51.9 Å². The Morgan fingerprint density at radius 1 is 1.00 bits per heavy atom. The van der Waals surface area contributed by atoms with Gasteiger partial charge in [0.25, 0.3) is 0 Å². The molecule has 0 heterocycles. The van der Waals surface area contributed by atoms with Crippen LogP contribution in [0.1, 0.15) is 81.5 Å². The molecule has 178 valence electrons. The fourth-order valence-electron chi connectivity index (χ4n) is 3.37. The molecule has 0 amide bonds. The fraction of sp³-hybridized carbons (Fsp3) is 0.414. The van der Waals surface area contributed by atoms with Crippen molar-refractivity contribution >= 4 is 43.7 Å². The highest BCUT2D eigenvalue weighted by Gasteiger charge is 2.10. The summed E-state index contributed by atoms with van der Waals surface area (Å²) in [6, 6.07) is 16.6. The average molecular weight is 576 g/mol. The van der Waals surface area contributed by atoms with Crippen molar-refractivity contribution in [3.63, 3.8) is 0 Å². The molecule has 0 atom stereocenters. The molecule has 33 heavy (non-hydrogen) atoms. The standard InChI is InChI=1S/C15H20O.C14H16Br2O/c1-4-13-9-7-10-14(12-13)8-5-6-11-15(2,3)16;1-11(17)5-2-3-6-12-7-4-8-13(9-12)10-14(15)16/h1,7,9-10,12,16H,5-6,8,11H2,2-3H3;4,7-10H,2-3,5-6H2,1H3. The SMILES string of the molecule is C#Cc1cccc(CCCCC(C)(C)O)c1.CC(=O)CCCCc1cccc(C=C(Br)Br)c1. The van der Waals surface area contributed by atoms with Gasteiger partial charge in [0, 0.05) is 12.0 Å². The first-order valence-corrected chi connectivity index (χ1v) is 13.1. The minimum Gasteiger partial charge on any atom is -0.390 e. The number of aliphatic hydroxyl groups is 1. The van der Waals surface area contributed by atoms with Crippen molar-refractivity contribution in [3.05, 3.63) is 74.2 Å². The molecule has 0 aromatic heterocycles. The van der Waals surface area contributed by atoms with Gasteiger partial charge in [-0.05, 0) is 126 Å². The second-order valence-corrected chi connectivity index (χ2v) is 11.7. The van der Waals surface area contributed by atoms with Crippen LogP contribution in [0.4, 0.5) is 0 Å². The lowest BCUT2D eigenvalue weighted by molar-refractivity contribution is -0.117. The van der Waals surface area contributed by atoms with Gasteiger partial charge in [-0.15, -0.1) is 6.42 Å². The predicted octanol–water partition coefficient (Wildman–Crippen LogP) is 8.23. The van der Waals surface area contributed by atoms with Crippen LogP contribution < -0.4 is 0 Å². The van der Waals surface area contributed by atoms with Gasteiger partial charge in [-0.3, -0.25) is 0 Å². The second kappa shape index (κ2) is 16.0. The molecule has 0 fully saturated rings. The highest BCUT2D eigenvalue weighted by Crippen LogP contribution is 2.19. The molecule has 0 aliphatic rings. The number of ketones is 1. The minimum absolute atomic E-state index is 0.282. The Bertz CT molecular complexity index is 929. The lowest BCUT2D eigenvalue weighted by Crippen LogP contribution is -2.17. The van der Waals surface area contributed by atoms with Crippen molar-refractivity contribution in [2.24, 2.45) is 0 Å². The Morgan fingerprint density at radius 3 is 2.18 bits per heavy atom. The largest absolute Gasteiger partial charge is 0.390 e. The second-order valence-electron chi connectivity index (χ2n) is 8.95. The van der Waals surface area contributed by atoms with Crippen molar-refractivity contribution in [3.8, 4) is 12.3 Å².